The van der Waals surface area contributed by atoms with Crippen LogP contribution >= 0.6 is 34.7 Å². The molecule has 1 heterocycles. The van der Waals surface area contributed by atoms with Gasteiger partial charge in [0.1, 0.15) is 15.7 Å². The molecule has 0 unspecified atom stereocenters. The Morgan fingerprint density at radius 2 is 1.79 bits per heavy atom. The lowest BCUT2D eigenvalue weighted by molar-refractivity contribution is -0.170. The van der Waals surface area contributed by atoms with E-state index in [0.29, 0.717) is 14.7 Å². The van der Waals surface area contributed by atoms with Crippen LogP contribution in [0.2, 0.25) is 5.02 Å². The van der Waals surface area contributed by atoms with Gasteiger partial charge < -0.3 is 10.6 Å². The number of thioether (sulfide) groups is 1. The van der Waals surface area contributed by atoms with Gasteiger partial charge >= 0.3 is 12.1 Å². The monoisotopic (exact) mass is 681 g/mol. The number of sulfone groups is 2. The molecule has 3 aromatic rings. The number of nitrogens with zero attached hydrogens (tertiary/aromatic N) is 1. The van der Waals surface area contributed by atoms with Gasteiger partial charge in [-0.1, -0.05) is 23.7 Å². The molecule has 0 fully saturated rings. The minimum atomic E-state index is -5.25. The number of benzene rings is 2. The second-order valence-electron chi connectivity index (χ2n) is 9.32. The minimum Gasteiger partial charge on any atom is -0.383 e. The maximum absolute atomic E-state index is 13.7. The number of carbonyl (C=O) groups excluding carboxylic acids is 1. The van der Waals surface area contributed by atoms with Crippen molar-refractivity contribution in [2.24, 2.45) is 5.73 Å². The summed E-state index contributed by atoms with van der Waals surface area (Å²) >= 11 is 8.43. The number of hydrogen-bond donors (Lipinski definition) is 2. The Bertz CT molecular complexity index is 1740. The summed E-state index contributed by atoms with van der Waals surface area (Å²) in [6.07, 6.45) is -2.61. The Morgan fingerprint density at radius 1 is 1.12 bits per heavy atom. The Kier molecular flexibility index (Phi) is 10.5. The Labute approximate surface area is 255 Å². The van der Waals surface area contributed by atoms with E-state index in [1.165, 1.54) is 54.2 Å². The summed E-state index contributed by atoms with van der Waals surface area (Å²) in [5.41, 5.74) is 6.10. The highest BCUT2D eigenvalue weighted by molar-refractivity contribution is 8.01. The van der Waals surface area contributed by atoms with Gasteiger partial charge in [0.05, 0.1) is 24.6 Å². The predicted octanol–water partition coefficient (Wildman–Crippen LogP) is 5.94. The average molecular weight is 682 g/mol. The van der Waals surface area contributed by atoms with Crippen LogP contribution in [0.5, 0.6) is 0 Å². The van der Waals surface area contributed by atoms with Crippen molar-refractivity contribution in [3.8, 4) is 11.1 Å². The van der Waals surface area contributed by atoms with Crippen LogP contribution in [-0.4, -0.2) is 59.6 Å². The van der Waals surface area contributed by atoms with Gasteiger partial charge in [0.25, 0.3) is 0 Å². The van der Waals surface area contributed by atoms with Crippen LogP contribution in [-0.2, 0) is 24.5 Å². The smallest absolute Gasteiger partial charge is 0.383 e. The molecule has 0 aliphatic rings. The van der Waals surface area contributed by atoms with Crippen molar-refractivity contribution < 1.29 is 34.8 Å². The number of unbranched alkanes of at least 4 members (excludes halogenated alkanes) is 1. The quantitative estimate of drug-likeness (QED) is 0.111. The molecular weight excluding hydrogens is 655 g/mol. The van der Waals surface area contributed by atoms with Gasteiger partial charge in [0.2, 0.25) is 9.84 Å². The fraction of sp³-hybridized carbons (Fsp3) is 0.308. The first kappa shape index (κ1) is 33.9. The van der Waals surface area contributed by atoms with Crippen LogP contribution < -0.4 is 10.6 Å². The molecule has 0 aliphatic heterocycles. The van der Waals surface area contributed by atoms with E-state index in [1.54, 1.807) is 13.2 Å². The molecule has 1 aromatic heterocycles. The molecule has 2 aromatic carbocycles. The maximum atomic E-state index is 13.7. The van der Waals surface area contributed by atoms with E-state index in [0.717, 1.165) is 17.6 Å². The normalized spacial score (nSPS) is 12.4. The van der Waals surface area contributed by atoms with Gasteiger partial charge in [-0.25, -0.2) is 16.8 Å². The molecule has 16 heteroatoms. The van der Waals surface area contributed by atoms with E-state index in [1.807, 2.05) is 0 Å². The predicted molar refractivity (Wildman–Crippen MR) is 162 cm³/mol. The van der Waals surface area contributed by atoms with E-state index in [-0.39, 0.29) is 60.9 Å². The summed E-state index contributed by atoms with van der Waals surface area (Å²) in [7, 11) is -7.53. The number of halogens is 4. The molecule has 42 heavy (non-hydrogen) atoms. The lowest BCUT2D eigenvalue weighted by Gasteiger charge is -2.27. The molecular formula is C26H27ClF3N3O5S4. The second-order valence-corrected chi connectivity index (χ2v) is 16.1. The van der Waals surface area contributed by atoms with Crippen LogP contribution in [0, 0.1) is 12.3 Å². The number of rotatable bonds is 11. The summed E-state index contributed by atoms with van der Waals surface area (Å²) in [6, 6.07) is 9.54. The molecule has 0 atom stereocenters. The zero-order valence-electron chi connectivity index (χ0n) is 22.6. The van der Waals surface area contributed by atoms with Crippen molar-refractivity contribution in [2.45, 2.75) is 39.9 Å². The van der Waals surface area contributed by atoms with Gasteiger partial charge in [-0.2, -0.15) is 13.2 Å². The van der Waals surface area contributed by atoms with Gasteiger partial charge in [-0.3, -0.25) is 10.2 Å². The standard InChI is InChI=1S/C26H27ClF3N3O5S4/c1-15-11-17(27)13-19(33(25(34)26(28,29)30)9-4-5-10-41(3,35)36)22(15)16-7-6-8-18(12-16)42(37,38)21-14-20(23(31)32)40-24(21)39-2/h6-8,11-14H,4-5,9-10H2,1-3H3,(H3,31,32). The average Bonchev–Trinajstić information content (AvgIpc) is 3.33. The van der Waals surface area contributed by atoms with Crippen molar-refractivity contribution in [1.29, 1.82) is 5.41 Å². The number of aryl methyl sites for hydroxylation is 1. The number of nitrogens with two attached hydrogens (primary N) is 1. The summed E-state index contributed by atoms with van der Waals surface area (Å²) < 4.78 is 92.0. The molecule has 0 spiro atoms. The number of amidine groups is 1. The number of thiophene rings is 1. The first-order valence-corrected chi connectivity index (χ1v) is 18.1. The molecule has 3 N–H and O–H groups in total. The number of alkyl halides is 3. The number of amides is 1. The molecule has 1 amide bonds. The Balaban J connectivity index is 2.18. The highest BCUT2D eigenvalue weighted by atomic mass is 35.5. The Morgan fingerprint density at radius 3 is 2.36 bits per heavy atom. The lowest BCUT2D eigenvalue weighted by Crippen LogP contribution is -2.42. The minimum absolute atomic E-state index is 0.0176. The SMILES string of the molecule is CSc1sc(C(=N)N)cc1S(=O)(=O)c1cccc(-c2c(C)cc(Cl)cc2N(CCCCS(C)(=O)=O)C(=O)C(F)(F)F)c1. The summed E-state index contributed by atoms with van der Waals surface area (Å²) in [5, 5.41) is 7.73. The van der Waals surface area contributed by atoms with Gasteiger partial charge in [-0.05, 0) is 67.5 Å². The topological polar surface area (TPSA) is 138 Å². The maximum Gasteiger partial charge on any atom is 0.471 e. The largest absolute Gasteiger partial charge is 0.471 e. The van der Waals surface area contributed by atoms with Crippen LogP contribution in [0.1, 0.15) is 23.3 Å². The number of anilines is 1. The molecule has 0 saturated carbocycles. The zero-order valence-corrected chi connectivity index (χ0v) is 26.6. The molecule has 0 aliphatic carbocycles. The highest BCUT2D eigenvalue weighted by Gasteiger charge is 2.43. The fourth-order valence-electron chi connectivity index (χ4n) is 4.20. The van der Waals surface area contributed by atoms with Gasteiger partial charge in [-0.15, -0.1) is 23.1 Å². The van der Waals surface area contributed by atoms with Gasteiger partial charge in [0.15, 0.2) is 0 Å². The third kappa shape index (κ3) is 7.86. The van der Waals surface area contributed by atoms with Crippen molar-refractivity contribution in [1.82, 2.24) is 0 Å². The second kappa shape index (κ2) is 13.0. The zero-order chi connectivity index (χ0) is 31.6. The van der Waals surface area contributed by atoms with E-state index in [9.17, 15) is 34.8 Å². The Hall–Kier alpha value is -2.59. The third-order valence-corrected chi connectivity index (χ3v) is 11.6. The summed E-state index contributed by atoms with van der Waals surface area (Å²) in [6.45, 7) is 1.11. The lowest BCUT2D eigenvalue weighted by atomic mass is 9.97. The van der Waals surface area contributed by atoms with Crippen LogP contribution in [0.3, 0.4) is 0 Å². The summed E-state index contributed by atoms with van der Waals surface area (Å²) in [5.74, 6) is -2.74. The van der Waals surface area contributed by atoms with Crippen molar-refractivity contribution in [3.63, 3.8) is 0 Å². The molecule has 8 nitrogen and oxygen atoms in total. The van der Waals surface area contributed by atoms with E-state index < -0.39 is 38.3 Å². The molecule has 3 rings (SSSR count). The highest BCUT2D eigenvalue weighted by Crippen LogP contribution is 2.41. The molecule has 228 valence electrons. The first-order chi connectivity index (χ1) is 19.4. The number of carbonyl (C=O) groups is 1. The van der Waals surface area contributed by atoms with E-state index >= 15 is 0 Å². The molecule has 0 bridgehead atoms. The third-order valence-electron chi connectivity index (χ3n) is 6.04. The fourth-order valence-corrected chi connectivity index (χ4v) is 9.10. The van der Waals surface area contributed by atoms with Crippen LogP contribution in [0.15, 0.2) is 56.5 Å². The van der Waals surface area contributed by atoms with E-state index in [4.69, 9.17) is 22.7 Å². The number of nitrogen functional groups attached to an aromatic ring is 1. The molecule has 0 saturated heterocycles. The summed E-state index contributed by atoms with van der Waals surface area (Å²) in [4.78, 5) is 13.2. The number of nitrogens with one attached hydrogen (secondary N) is 1. The first-order valence-electron chi connectivity index (χ1n) is 12.1. The van der Waals surface area contributed by atoms with Crippen molar-refractivity contribution in [2.75, 3.05) is 29.7 Å². The van der Waals surface area contributed by atoms with E-state index in [2.05, 4.69) is 0 Å². The van der Waals surface area contributed by atoms with Crippen molar-refractivity contribution in [3.05, 3.63) is 57.9 Å². The van der Waals surface area contributed by atoms with Gasteiger partial charge in [0, 0.05) is 29.1 Å². The van der Waals surface area contributed by atoms with Crippen LogP contribution in [0.4, 0.5) is 18.9 Å². The van der Waals surface area contributed by atoms with Crippen LogP contribution in [0.25, 0.3) is 11.1 Å². The van der Waals surface area contributed by atoms with Crippen molar-refractivity contribution >= 4 is 71.8 Å². The molecule has 0 radical (unpaired) electrons. The number of hydrogen-bond acceptors (Lipinski definition) is 8.